The van der Waals surface area contributed by atoms with Crippen molar-refractivity contribution < 1.29 is 18.7 Å². The number of rotatable bonds is 4. The minimum absolute atomic E-state index is 0.00568. The van der Waals surface area contributed by atoms with E-state index >= 15 is 0 Å². The predicted octanol–water partition coefficient (Wildman–Crippen LogP) is 3.99. The molecule has 0 fully saturated rings. The number of benzene rings is 1. The first-order valence-electron chi connectivity index (χ1n) is 6.09. The fraction of sp³-hybridized carbons (Fsp3) is 0.143. The highest BCUT2D eigenvalue weighted by Gasteiger charge is 2.19. The number of anilines is 1. The SMILES string of the molecule is Nc1cc(-c2ccc(Cl)c(CCF)c2F)nc(C(=O)O)c1Cl. The van der Waals surface area contributed by atoms with Gasteiger partial charge in [-0.25, -0.2) is 14.2 Å². The summed E-state index contributed by atoms with van der Waals surface area (Å²) in [4.78, 5) is 14.9. The number of hydrogen-bond acceptors (Lipinski definition) is 3. The molecule has 116 valence electrons. The molecule has 0 unspecified atom stereocenters. The van der Waals surface area contributed by atoms with E-state index in [0.717, 1.165) is 0 Å². The molecule has 8 heteroatoms. The number of halogens is 4. The number of carbonyl (C=O) groups is 1. The zero-order valence-electron chi connectivity index (χ0n) is 11.0. The van der Waals surface area contributed by atoms with Crippen LogP contribution in [0, 0.1) is 5.82 Å². The Hall–Kier alpha value is -1.92. The minimum atomic E-state index is -1.39. The third kappa shape index (κ3) is 2.98. The van der Waals surface area contributed by atoms with Gasteiger partial charge in [-0.05, 0) is 18.2 Å². The molecule has 0 spiro atoms. The van der Waals surface area contributed by atoms with Crippen molar-refractivity contribution in [2.45, 2.75) is 6.42 Å². The second-order valence-corrected chi connectivity index (χ2v) is 5.18. The summed E-state index contributed by atoms with van der Waals surface area (Å²) < 4.78 is 27.0. The predicted molar refractivity (Wildman–Crippen MR) is 80.7 cm³/mol. The lowest BCUT2D eigenvalue weighted by atomic mass is 10.0. The van der Waals surface area contributed by atoms with Crippen LogP contribution in [-0.2, 0) is 6.42 Å². The lowest BCUT2D eigenvalue weighted by Gasteiger charge is -2.11. The number of carboxylic acids is 1. The number of pyridine rings is 1. The standard InChI is InChI=1S/C14H10Cl2F2N2O2/c15-8-2-1-7(12(18)6(8)3-4-17)10-5-9(19)11(16)13(20-10)14(21)22/h1-2,5H,3-4H2,(H2,19,20)(H,21,22). The molecule has 0 aliphatic heterocycles. The molecule has 0 aliphatic rings. The highest BCUT2D eigenvalue weighted by atomic mass is 35.5. The van der Waals surface area contributed by atoms with Gasteiger partial charge < -0.3 is 10.8 Å². The Kier molecular flexibility index (Phi) is 4.83. The van der Waals surface area contributed by atoms with Gasteiger partial charge in [0.05, 0.1) is 23.1 Å². The van der Waals surface area contributed by atoms with Crippen LogP contribution in [0.15, 0.2) is 18.2 Å². The topological polar surface area (TPSA) is 76.2 Å². The summed E-state index contributed by atoms with van der Waals surface area (Å²) in [5.41, 5.74) is 5.04. The van der Waals surface area contributed by atoms with Crippen molar-refractivity contribution in [2.75, 3.05) is 12.4 Å². The monoisotopic (exact) mass is 346 g/mol. The van der Waals surface area contributed by atoms with E-state index in [1.54, 1.807) is 0 Å². The van der Waals surface area contributed by atoms with E-state index < -0.39 is 24.2 Å². The number of aromatic nitrogens is 1. The second-order valence-electron chi connectivity index (χ2n) is 4.39. The van der Waals surface area contributed by atoms with Gasteiger partial charge in [-0.2, -0.15) is 0 Å². The van der Waals surface area contributed by atoms with Crippen LogP contribution < -0.4 is 5.73 Å². The molecule has 0 atom stereocenters. The van der Waals surface area contributed by atoms with E-state index in [-0.39, 0.29) is 39.0 Å². The van der Waals surface area contributed by atoms with E-state index in [1.807, 2.05) is 0 Å². The van der Waals surface area contributed by atoms with Gasteiger partial charge in [0, 0.05) is 22.6 Å². The smallest absolute Gasteiger partial charge is 0.356 e. The van der Waals surface area contributed by atoms with Crippen LogP contribution in [0.4, 0.5) is 14.5 Å². The van der Waals surface area contributed by atoms with Crippen molar-refractivity contribution in [3.63, 3.8) is 0 Å². The molecule has 1 aromatic carbocycles. The van der Waals surface area contributed by atoms with E-state index in [0.29, 0.717) is 0 Å². The van der Waals surface area contributed by atoms with Gasteiger partial charge in [0.25, 0.3) is 0 Å². The summed E-state index contributed by atoms with van der Waals surface area (Å²) >= 11 is 11.6. The van der Waals surface area contributed by atoms with Gasteiger partial charge in [0.15, 0.2) is 5.69 Å². The number of alkyl halides is 1. The fourth-order valence-electron chi connectivity index (χ4n) is 1.95. The molecule has 0 bridgehead atoms. The maximum Gasteiger partial charge on any atom is 0.356 e. The van der Waals surface area contributed by atoms with Crippen molar-refractivity contribution in [1.82, 2.24) is 4.98 Å². The number of carboxylic acid groups (broad SMARTS) is 1. The molecule has 0 radical (unpaired) electrons. The van der Waals surface area contributed by atoms with Crippen LogP contribution in [0.2, 0.25) is 10.0 Å². The highest BCUT2D eigenvalue weighted by Crippen LogP contribution is 2.32. The molecule has 2 rings (SSSR count). The lowest BCUT2D eigenvalue weighted by molar-refractivity contribution is 0.0691. The maximum absolute atomic E-state index is 14.5. The lowest BCUT2D eigenvalue weighted by Crippen LogP contribution is -2.06. The van der Waals surface area contributed by atoms with Crippen molar-refractivity contribution >= 4 is 34.9 Å². The first-order valence-corrected chi connectivity index (χ1v) is 6.85. The summed E-state index contributed by atoms with van der Waals surface area (Å²) in [5, 5.41) is 8.90. The van der Waals surface area contributed by atoms with Gasteiger partial charge >= 0.3 is 5.97 Å². The third-order valence-electron chi connectivity index (χ3n) is 2.99. The van der Waals surface area contributed by atoms with Gasteiger partial charge in [-0.15, -0.1) is 0 Å². The molecule has 22 heavy (non-hydrogen) atoms. The van der Waals surface area contributed by atoms with Gasteiger partial charge in [-0.1, -0.05) is 23.2 Å². The Labute approximate surface area is 134 Å². The molecule has 3 N–H and O–H groups in total. The second kappa shape index (κ2) is 6.46. The average molecular weight is 347 g/mol. The van der Waals surface area contributed by atoms with Crippen molar-refractivity contribution in [2.24, 2.45) is 0 Å². The molecule has 2 aromatic rings. The van der Waals surface area contributed by atoms with Crippen LogP contribution in [-0.4, -0.2) is 22.7 Å². The maximum atomic E-state index is 14.5. The van der Waals surface area contributed by atoms with Gasteiger partial charge in [0.1, 0.15) is 5.82 Å². The molecule has 0 amide bonds. The Morgan fingerprint density at radius 2 is 2.05 bits per heavy atom. The Balaban J connectivity index is 2.67. The van der Waals surface area contributed by atoms with E-state index in [9.17, 15) is 13.6 Å². The summed E-state index contributed by atoms with van der Waals surface area (Å²) in [6.45, 7) is -0.781. The summed E-state index contributed by atoms with van der Waals surface area (Å²) in [7, 11) is 0. The highest BCUT2D eigenvalue weighted by molar-refractivity contribution is 6.35. The van der Waals surface area contributed by atoms with Gasteiger partial charge in [0.2, 0.25) is 0 Å². The normalized spacial score (nSPS) is 10.7. The van der Waals surface area contributed by atoms with Crippen molar-refractivity contribution in [3.05, 3.63) is 45.3 Å². The molecule has 1 aromatic heterocycles. The molecular formula is C14H10Cl2F2N2O2. The first-order chi connectivity index (χ1) is 10.4. The zero-order valence-corrected chi connectivity index (χ0v) is 12.6. The number of nitrogens with zero attached hydrogens (tertiary/aromatic N) is 1. The molecule has 0 saturated heterocycles. The average Bonchev–Trinajstić information content (AvgIpc) is 2.46. The first kappa shape index (κ1) is 16.5. The molecule has 0 aliphatic carbocycles. The van der Waals surface area contributed by atoms with Crippen molar-refractivity contribution in [1.29, 1.82) is 0 Å². The Morgan fingerprint density at radius 3 is 2.64 bits per heavy atom. The Bertz CT molecular complexity index is 754. The van der Waals surface area contributed by atoms with Crippen LogP contribution in [0.1, 0.15) is 16.1 Å². The van der Waals surface area contributed by atoms with E-state index in [1.165, 1.54) is 18.2 Å². The van der Waals surface area contributed by atoms with Crippen molar-refractivity contribution in [3.8, 4) is 11.3 Å². The van der Waals surface area contributed by atoms with Gasteiger partial charge in [-0.3, -0.25) is 4.39 Å². The number of nitrogens with two attached hydrogens (primary N) is 1. The molecular weight excluding hydrogens is 337 g/mol. The van der Waals surface area contributed by atoms with E-state index in [4.69, 9.17) is 34.0 Å². The van der Waals surface area contributed by atoms with E-state index in [2.05, 4.69) is 4.98 Å². The van der Waals surface area contributed by atoms with Crippen LogP contribution in [0.25, 0.3) is 11.3 Å². The molecule has 0 saturated carbocycles. The number of nitrogen functional groups attached to an aromatic ring is 1. The summed E-state index contributed by atoms with van der Waals surface area (Å²) in [5.74, 6) is -2.16. The Morgan fingerprint density at radius 1 is 1.36 bits per heavy atom. The summed E-state index contributed by atoms with van der Waals surface area (Å²) in [6, 6.07) is 3.96. The quantitative estimate of drug-likeness (QED) is 0.877. The minimum Gasteiger partial charge on any atom is -0.476 e. The largest absolute Gasteiger partial charge is 0.476 e. The van der Waals surface area contributed by atoms with Crippen LogP contribution in [0.5, 0.6) is 0 Å². The molecule has 4 nitrogen and oxygen atoms in total. The molecule has 1 heterocycles. The zero-order chi connectivity index (χ0) is 16.4. The van der Waals surface area contributed by atoms with Crippen LogP contribution in [0.3, 0.4) is 0 Å². The van der Waals surface area contributed by atoms with Crippen LogP contribution >= 0.6 is 23.2 Å². The summed E-state index contributed by atoms with van der Waals surface area (Å²) in [6.07, 6.45) is -0.201. The number of hydrogen-bond donors (Lipinski definition) is 2. The number of aromatic carboxylic acids is 1. The third-order valence-corrected chi connectivity index (χ3v) is 3.75. The fourth-order valence-corrected chi connectivity index (χ4v) is 2.37.